The number of halogens is 1. The average molecular weight is 350 g/mol. The van der Waals surface area contributed by atoms with Crippen molar-refractivity contribution in [1.29, 1.82) is 0 Å². The van der Waals surface area contributed by atoms with Crippen molar-refractivity contribution >= 4 is 17.3 Å². The lowest BCUT2D eigenvalue weighted by atomic mass is 10.2. The van der Waals surface area contributed by atoms with E-state index in [0.717, 1.165) is 11.1 Å². The number of rotatable bonds is 7. The minimum atomic E-state index is -1.23. The molecule has 2 aromatic carbocycles. The standard InChI is InChI=1S/C18H19FO4S/c1-21-16-10-14(11-17(22-2)18(16)23-3)12-24(20)9-8-13-4-6-15(19)7-5-13/h4-11H,12H2,1-3H3. The average Bonchev–Trinajstić information content (AvgIpc) is 2.60. The van der Waals surface area contributed by atoms with Gasteiger partial charge in [-0.25, -0.2) is 4.39 Å². The largest absolute Gasteiger partial charge is 0.612 e. The summed E-state index contributed by atoms with van der Waals surface area (Å²) in [4.78, 5) is 0. The molecule has 0 aliphatic carbocycles. The molecule has 1 unspecified atom stereocenters. The molecule has 0 aliphatic heterocycles. The molecule has 0 N–H and O–H groups in total. The van der Waals surface area contributed by atoms with Gasteiger partial charge in [0.2, 0.25) is 5.75 Å². The Hall–Kier alpha value is -2.18. The van der Waals surface area contributed by atoms with Gasteiger partial charge in [-0.2, -0.15) is 0 Å². The van der Waals surface area contributed by atoms with E-state index in [1.54, 1.807) is 35.7 Å². The summed E-state index contributed by atoms with van der Waals surface area (Å²) in [5.74, 6) is 1.54. The molecule has 0 spiro atoms. The van der Waals surface area contributed by atoms with Crippen LogP contribution in [0.2, 0.25) is 0 Å². The Kier molecular flexibility index (Phi) is 6.52. The predicted molar refractivity (Wildman–Crippen MR) is 93.4 cm³/mol. The van der Waals surface area contributed by atoms with E-state index in [9.17, 15) is 8.94 Å². The van der Waals surface area contributed by atoms with Gasteiger partial charge in [-0.1, -0.05) is 12.1 Å². The summed E-state index contributed by atoms with van der Waals surface area (Å²) >= 11 is -1.23. The van der Waals surface area contributed by atoms with Crippen LogP contribution >= 0.6 is 0 Å². The fraction of sp³-hybridized carbons (Fsp3) is 0.222. The van der Waals surface area contributed by atoms with Gasteiger partial charge in [0, 0.05) is 5.56 Å². The molecule has 0 radical (unpaired) electrons. The second kappa shape index (κ2) is 8.61. The third-order valence-electron chi connectivity index (χ3n) is 3.32. The van der Waals surface area contributed by atoms with Crippen molar-refractivity contribution < 1.29 is 23.2 Å². The maximum Gasteiger partial charge on any atom is 0.203 e. The van der Waals surface area contributed by atoms with Crippen LogP contribution in [-0.4, -0.2) is 25.9 Å². The second-order valence-corrected chi connectivity index (χ2v) is 6.24. The van der Waals surface area contributed by atoms with Gasteiger partial charge in [0.1, 0.15) is 17.0 Å². The van der Waals surface area contributed by atoms with Crippen LogP contribution in [0.4, 0.5) is 4.39 Å². The Balaban J connectivity index is 2.13. The first-order valence-corrected chi connectivity index (χ1v) is 8.55. The van der Waals surface area contributed by atoms with E-state index < -0.39 is 11.2 Å². The lowest BCUT2D eigenvalue weighted by Crippen LogP contribution is -2.02. The highest BCUT2D eigenvalue weighted by molar-refractivity contribution is 7.93. The molecule has 0 fully saturated rings. The molecule has 2 aromatic rings. The van der Waals surface area contributed by atoms with Crippen molar-refractivity contribution in [3.05, 3.63) is 58.8 Å². The Morgan fingerprint density at radius 2 is 1.58 bits per heavy atom. The van der Waals surface area contributed by atoms with E-state index in [0.29, 0.717) is 23.0 Å². The molecule has 0 heterocycles. The van der Waals surface area contributed by atoms with Gasteiger partial charge < -0.3 is 18.8 Å². The van der Waals surface area contributed by atoms with Gasteiger partial charge >= 0.3 is 0 Å². The van der Waals surface area contributed by atoms with Crippen molar-refractivity contribution in [3.8, 4) is 17.2 Å². The summed E-state index contributed by atoms with van der Waals surface area (Å²) in [6.45, 7) is 0. The molecule has 0 saturated carbocycles. The lowest BCUT2D eigenvalue weighted by molar-refractivity contribution is 0.324. The fourth-order valence-corrected chi connectivity index (χ4v) is 3.06. The van der Waals surface area contributed by atoms with Gasteiger partial charge in [0.15, 0.2) is 11.5 Å². The molecular weight excluding hydrogens is 331 g/mol. The summed E-state index contributed by atoms with van der Waals surface area (Å²) in [5, 5.41) is 1.58. The van der Waals surface area contributed by atoms with Gasteiger partial charge in [-0.05, 0) is 47.1 Å². The van der Waals surface area contributed by atoms with Crippen LogP contribution in [0.1, 0.15) is 11.1 Å². The first-order valence-electron chi connectivity index (χ1n) is 7.17. The normalized spacial score (nSPS) is 12.2. The molecular formula is C18H19FO4S. The SMILES string of the molecule is COc1cc(C[S+]([O-])C=Cc2ccc(F)cc2)cc(OC)c1OC. The highest BCUT2D eigenvalue weighted by atomic mass is 32.2. The first-order chi connectivity index (χ1) is 11.6. The lowest BCUT2D eigenvalue weighted by Gasteiger charge is -2.14. The molecule has 0 saturated heterocycles. The Labute approximate surface area is 144 Å². The van der Waals surface area contributed by atoms with E-state index in [2.05, 4.69) is 0 Å². The van der Waals surface area contributed by atoms with Gasteiger partial charge in [-0.15, -0.1) is 0 Å². The van der Waals surface area contributed by atoms with E-state index in [4.69, 9.17) is 14.2 Å². The molecule has 0 aromatic heterocycles. The highest BCUT2D eigenvalue weighted by Gasteiger charge is 2.15. The molecule has 1 atom stereocenters. The quantitative estimate of drug-likeness (QED) is 0.713. The summed E-state index contributed by atoms with van der Waals surface area (Å²) < 4.78 is 40.9. The Bertz CT molecular complexity index is 676. The van der Waals surface area contributed by atoms with Gasteiger partial charge in [0.25, 0.3) is 0 Å². The third kappa shape index (κ3) is 4.66. The molecule has 6 heteroatoms. The molecule has 0 amide bonds. The molecule has 2 rings (SSSR count). The van der Waals surface area contributed by atoms with E-state index >= 15 is 0 Å². The van der Waals surface area contributed by atoms with Crippen molar-refractivity contribution in [1.82, 2.24) is 0 Å². The van der Waals surface area contributed by atoms with Crippen molar-refractivity contribution in [2.45, 2.75) is 5.75 Å². The summed E-state index contributed by atoms with van der Waals surface area (Å²) in [5.41, 5.74) is 1.58. The smallest absolute Gasteiger partial charge is 0.203 e. The second-order valence-electron chi connectivity index (χ2n) is 4.91. The number of hydrogen-bond donors (Lipinski definition) is 0. The Morgan fingerprint density at radius 1 is 1.00 bits per heavy atom. The first kappa shape index (κ1) is 18.2. The van der Waals surface area contributed by atoms with Crippen molar-refractivity contribution in [3.63, 3.8) is 0 Å². The third-order valence-corrected chi connectivity index (χ3v) is 4.37. The van der Waals surface area contributed by atoms with E-state index in [-0.39, 0.29) is 5.82 Å². The fourth-order valence-electron chi connectivity index (χ4n) is 2.16. The van der Waals surface area contributed by atoms with Crippen LogP contribution in [0, 0.1) is 5.82 Å². The van der Waals surface area contributed by atoms with Crippen molar-refractivity contribution in [2.24, 2.45) is 0 Å². The van der Waals surface area contributed by atoms with Crippen LogP contribution in [0.25, 0.3) is 6.08 Å². The van der Waals surface area contributed by atoms with Crippen LogP contribution in [0.5, 0.6) is 17.2 Å². The number of benzene rings is 2. The van der Waals surface area contributed by atoms with Crippen LogP contribution < -0.4 is 14.2 Å². The minimum absolute atomic E-state index is 0.300. The predicted octanol–water partition coefficient (Wildman–Crippen LogP) is 3.77. The van der Waals surface area contributed by atoms with E-state index in [1.165, 1.54) is 33.5 Å². The van der Waals surface area contributed by atoms with Crippen LogP contribution in [0.3, 0.4) is 0 Å². The maximum absolute atomic E-state index is 12.9. The number of ether oxygens (including phenoxy) is 3. The molecule has 4 nitrogen and oxygen atoms in total. The highest BCUT2D eigenvalue weighted by Crippen LogP contribution is 2.38. The minimum Gasteiger partial charge on any atom is -0.612 e. The zero-order chi connectivity index (χ0) is 17.5. The molecule has 24 heavy (non-hydrogen) atoms. The van der Waals surface area contributed by atoms with E-state index in [1.807, 2.05) is 0 Å². The summed E-state index contributed by atoms with van der Waals surface area (Å²) in [6, 6.07) is 9.52. The summed E-state index contributed by atoms with van der Waals surface area (Å²) in [7, 11) is 4.60. The van der Waals surface area contributed by atoms with Gasteiger partial charge in [-0.3, -0.25) is 0 Å². The van der Waals surface area contributed by atoms with Crippen LogP contribution in [0.15, 0.2) is 41.8 Å². The molecule has 128 valence electrons. The number of methoxy groups -OCH3 is 3. The Morgan fingerprint density at radius 3 is 2.08 bits per heavy atom. The van der Waals surface area contributed by atoms with Crippen LogP contribution in [-0.2, 0) is 16.9 Å². The zero-order valence-electron chi connectivity index (χ0n) is 13.7. The summed E-state index contributed by atoms with van der Waals surface area (Å²) in [6.07, 6.45) is 1.70. The maximum atomic E-state index is 12.9. The topological polar surface area (TPSA) is 50.8 Å². The van der Waals surface area contributed by atoms with Crippen molar-refractivity contribution in [2.75, 3.05) is 21.3 Å². The molecule has 0 aliphatic rings. The van der Waals surface area contributed by atoms with Gasteiger partial charge in [0.05, 0.1) is 21.3 Å². The number of hydrogen-bond acceptors (Lipinski definition) is 4. The molecule has 0 bridgehead atoms. The monoisotopic (exact) mass is 350 g/mol. The zero-order valence-corrected chi connectivity index (χ0v) is 14.6.